The van der Waals surface area contributed by atoms with E-state index in [1.165, 1.54) is 32.1 Å². The van der Waals surface area contributed by atoms with E-state index in [4.69, 9.17) is 0 Å². The minimum absolute atomic E-state index is 0.258. The third-order valence-electron chi connectivity index (χ3n) is 5.01. The van der Waals surface area contributed by atoms with Crippen molar-refractivity contribution < 1.29 is 8.42 Å². The van der Waals surface area contributed by atoms with Gasteiger partial charge in [0.1, 0.15) is 5.37 Å². The topological polar surface area (TPSA) is 49.4 Å². The number of hydrogen-bond acceptors (Lipinski definition) is 5. The molecule has 1 saturated carbocycles. The van der Waals surface area contributed by atoms with Crippen LogP contribution in [0.3, 0.4) is 0 Å². The van der Waals surface area contributed by atoms with Gasteiger partial charge in [-0.3, -0.25) is 4.90 Å². The molecule has 0 aromatic heterocycles. The Morgan fingerprint density at radius 2 is 2.00 bits per heavy atom. The summed E-state index contributed by atoms with van der Waals surface area (Å²) in [5.41, 5.74) is 0.274. The molecule has 0 aromatic carbocycles. The molecule has 0 amide bonds. The van der Waals surface area contributed by atoms with Crippen LogP contribution in [0.25, 0.3) is 0 Å². The molecule has 124 valence electrons. The van der Waals surface area contributed by atoms with E-state index in [-0.39, 0.29) is 16.5 Å². The molecule has 1 atom stereocenters. The van der Waals surface area contributed by atoms with Gasteiger partial charge in [0.05, 0.1) is 0 Å². The van der Waals surface area contributed by atoms with Crippen molar-refractivity contribution in [2.24, 2.45) is 5.41 Å². The molecule has 4 nitrogen and oxygen atoms in total. The standard InChI is InChI=1S/C15H30N2O2S2/c1-3-21(18,19)14-11-20-10-9-17(14)13-15(12-16-2)7-5-4-6-8-15/h14,16H,3-13H2,1-2H3. The molecule has 0 radical (unpaired) electrons. The van der Waals surface area contributed by atoms with E-state index in [0.717, 1.165) is 31.1 Å². The fourth-order valence-corrected chi connectivity index (χ4v) is 6.90. The number of sulfone groups is 1. The normalized spacial score (nSPS) is 27.6. The molecule has 2 rings (SSSR count). The van der Waals surface area contributed by atoms with Crippen LogP contribution in [0.15, 0.2) is 0 Å². The second-order valence-electron chi connectivity index (χ2n) is 6.54. The van der Waals surface area contributed by atoms with Crippen LogP contribution in [0.1, 0.15) is 39.0 Å². The zero-order valence-corrected chi connectivity index (χ0v) is 15.1. The molecule has 1 heterocycles. The van der Waals surface area contributed by atoms with Crippen LogP contribution in [0.4, 0.5) is 0 Å². The number of rotatable bonds is 6. The minimum Gasteiger partial charge on any atom is -0.319 e. The van der Waals surface area contributed by atoms with E-state index < -0.39 is 9.84 Å². The summed E-state index contributed by atoms with van der Waals surface area (Å²) in [6.07, 6.45) is 6.37. The maximum Gasteiger partial charge on any atom is 0.166 e. The molecule has 0 spiro atoms. The van der Waals surface area contributed by atoms with Crippen LogP contribution in [0, 0.1) is 5.41 Å². The zero-order chi connectivity index (χ0) is 15.3. The zero-order valence-electron chi connectivity index (χ0n) is 13.4. The highest BCUT2D eigenvalue weighted by Crippen LogP contribution is 2.38. The van der Waals surface area contributed by atoms with Crippen LogP contribution in [-0.2, 0) is 9.84 Å². The Kier molecular flexibility index (Phi) is 6.41. The van der Waals surface area contributed by atoms with Crippen molar-refractivity contribution >= 4 is 21.6 Å². The molecule has 1 aliphatic heterocycles. The lowest BCUT2D eigenvalue weighted by molar-refractivity contribution is 0.102. The van der Waals surface area contributed by atoms with Gasteiger partial charge in [-0.05, 0) is 25.3 Å². The largest absolute Gasteiger partial charge is 0.319 e. The number of nitrogens with one attached hydrogen (secondary N) is 1. The average molecular weight is 335 g/mol. The lowest BCUT2D eigenvalue weighted by Gasteiger charge is -2.44. The quantitative estimate of drug-likeness (QED) is 0.805. The van der Waals surface area contributed by atoms with E-state index in [0.29, 0.717) is 0 Å². The van der Waals surface area contributed by atoms with Crippen LogP contribution >= 0.6 is 11.8 Å². The van der Waals surface area contributed by atoms with Crippen molar-refractivity contribution in [3.63, 3.8) is 0 Å². The molecule has 2 fully saturated rings. The van der Waals surface area contributed by atoms with Crippen molar-refractivity contribution in [2.75, 3.05) is 43.9 Å². The predicted octanol–water partition coefficient (Wildman–Crippen LogP) is 1.97. The molecule has 21 heavy (non-hydrogen) atoms. The second kappa shape index (κ2) is 7.66. The van der Waals surface area contributed by atoms with Crippen LogP contribution in [0.2, 0.25) is 0 Å². The highest BCUT2D eigenvalue weighted by atomic mass is 32.2. The van der Waals surface area contributed by atoms with Gasteiger partial charge < -0.3 is 5.32 Å². The average Bonchev–Trinajstić information content (AvgIpc) is 2.49. The first-order valence-corrected chi connectivity index (χ1v) is 11.1. The van der Waals surface area contributed by atoms with Crippen LogP contribution < -0.4 is 5.32 Å². The first-order chi connectivity index (χ1) is 10.0. The van der Waals surface area contributed by atoms with Gasteiger partial charge in [-0.25, -0.2) is 8.42 Å². The number of nitrogens with zero attached hydrogens (tertiary/aromatic N) is 1. The van der Waals surface area contributed by atoms with Gasteiger partial charge in [0, 0.05) is 36.9 Å². The first kappa shape index (κ1) is 17.6. The Hall–Kier alpha value is 0.220. The summed E-state index contributed by atoms with van der Waals surface area (Å²) in [5, 5.41) is 3.09. The second-order valence-corrected chi connectivity index (χ2v) is 10.1. The summed E-state index contributed by atoms with van der Waals surface area (Å²) in [7, 11) is -0.962. The Morgan fingerprint density at radius 1 is 1.29 bits per heavy atom. The monoisotopic (exact) mass is 334 g/mol. The number of hydrogen-bond donors (Lipinski definition) is 1. The SMILES string of the molecule is CCS(=O)(=O)C1CSCCN1CC1(CNC)CCCCC1. The molecule has 1 aliphatic carbocycles. The molecule has 2 aliphatic rings. The molecular formula is C15H30N2O2S2. The third kappa shape index (κ3) is 4.36. The van der Waals surface area contributed by atoms with Crippen LogP contribution in [-0.4, -0.2) is 62.6 Å². The van der Waals surface area contributed by atoms with Gasteiger partial charge in [-0.2, -0.15) is 11.8 Å². The third-order valence-corrected chi connectivity index (χ3v) is 8.34. The van der Waals surface area contributed by atoms with Crippen molar-refractivity contribution in [1.29, 1.82) is 0 Å². The van der Waals surface area contributed by atoms with E-state index in [1.54, 1.807) is 18.7 Å². The minimum atomic E-state index is -2.98. The lowest BCUT2D eigenvalue weighted by Crippen LogP contribution is -2.54. The van der Waals surface area contributed by atoms with Crippen molar-refractivity contribution in [3.8, 4) is 0 Å². The van der Waals surface area contributed by atoms with Crippen molar-refractivity contribution in [3.05, 3.63) is 0 Å². The van der Waals surface area contributed by atoms with Crippen LogP contribution in [0.5, 0.6) is 0 Å². The Morgan fingerprint density at radius 3 is 2.62 bits per heavy atom. The van der Waals surface area contributed by atoms with Gasteiger partial charge >= 0.3 is 0 Å². The van der Waals surface area contributed by atoms with Gasteiger partial charge in [0.25, 0.3) is 0 Å². The van der Waals surface area contributed by atoms with E-state index in [9.17, 15) is 8.42 Å². The summed E-state index contributed by atoms with van der Waals surface area (Å²) in [6.45, 7) is 4.64. The fourth-order valence-electron chi connectivity index (χ4n) is 3.82. The Labute approximate surface area is 134 Å². The smallest absolute Gasteiger partial charge is 0.166 e. The molecular weight excluding hydrogens is 304 g/mol. The van der Waals surface area contributed by atoms with Crippen molar-refractivity contribution in [1.82, 2.24) is 10.2 Å². The summed E-state index contributed by atoms with van der Waals surface area (Å²) >= 11 is 1.79. The van der Waals surface area contributed by atoms with E-state index in [2.05, 4.69) is 10.2 Å². The van der Waals surface area contributed by atoms with Gasteiger partial charge in [-0.1, -0.05) is 26.2 Å². The maximum atomic E-state index is 12.4. The number of thioether (sulfide) groups is 1. The highest BCUT2D eigenvalue weighted by molar-refractivity contribution is 8.01. The summed E-state index contributed by atoms with van der Waals surface area (Å²) < 4.78 is 24.8. The Balaban J connectivity index is 2.13. The molecule has 0 bridgehead atoms. The summed E-state index contributed by atoms with van der Waals surface area (Å²) in [6, 6.07) is 0. The molecule has 1 saturated heterocycles. The van der Waals surface area contributed by atoms with E-state index >= 15 is 0 Å². The van der Waals surface area contributed by atoms with Crippen molar-refractivity contribution in [2.45, 2.75) is 44.4 Å². The first-order valence-electron chi connectivity index (χ1n) is 8.21. The van der Waals surface area contributed by atoms with E-state index in [1.807, 2.05) is 7.05 Å². The molecule has 6 heteroatoms. The van der Waals surface area contributed by atoms with Gasteiger partial charge in [0.2, 0.25) is 0 Å². The fraction of sp³-hybridized carbons (Fsp3) is 1.00. The summed E-state index contributed by atoms with van der Waals surface area (Å²) in [4.78, 5) is 2.28. The van der Waals surface area contributed by atoms with Gasteiger partial charge in [-0.15, -0.1) is 0 Å². The summed E-state index contributed by atoms with van der Waals surface area (Å²) in [5.74, 6) is 2.06. The van der Waals surface area contributed by atoms with Gasteiger partial charge in [0.15, 0.2) is 9.84 Å². The highest BCUT2D eigenvalue weighted by Gasteiger charge is 2.39. The molecule has 1 N–H and O–H groups in total. The molecule has 0 aromatic rings. The Bertz CT molecular complexity index is 414. The maximum absolute atomic E-state index is 12.4. The predicted molar refractivity (Wildman–Crippen MR) is 91.6 cm³/mol. The molecule has 1 unspecified atom stereocenters. The lowest BCUT2D eigenvalue weighted by atomic mass is 9.73.